The summed E-state index contributed by atoms with van der Waals surface area (Å²) in [6, 6.07) is 38.7. The third-order valence-corrected chi connectivity index (χ3v) is 10.2. The molecule has 0 heterocycles. The number of hydrogen-bond acceptors (Lipinski definition) is 0. The van der Waals surface area contributed by atoms with Gasteiger partial charge in [-0.15, -0.1) is 0 Å². The maximum absolute atomic E-state index is 2.39. The van der Waals surface area contributed by atoms with Gasteiger partial charge in [0.15, 0.2) is 0 Å². The van der Waals surface area contributed by atoms with Gasteiger partial charge in [0.1, 0.15) is 0 Å². The van der Waals surface area contributed by atoms with Gasteiger partial charge in [-0.2, -0.15) is 0 Å². The van der Waals surface area contributed by atoms with Crippen molar-refractivity contribution in [2.24, 2.45) is 0 Å². The molecule has 0 unspecified atom stereocenters. The summed E-state index contributed by atoms with van der Waals surface area (Å²) in [6.45, 7) is 0. The van der Waals surface area contributed by atoms with Gasteiger partial charge < -0.3 is 0 Å². The normalized spacial score (nSPS) is 21.3. The van der Waals surface area contributed by atoms with Gasteiger partial charge in [-0.1, -0.05) is 0 Å². The van der Waals surface area contributed by atoms with Gasteiger partial charge in [-0.25, -0.2) is 0 Å². The van der Waals surface area contributed by atoms with Crippen molar-refractivity contribution < 1.29 is 0 Å². The molecule has 0 aliphatic heterocycles. The van der Waals surface area contributed by atoms with Gasteiger partial charge in [-0.05, 0) is 0 Å². The van der Waals surface area contributed by atoms with Crippen molar-refractivity contribution in [1.29, 1.82) is 0 Å². The van der Waals surface area contributed by atoms with Crippen molar-refractivity contribution >= 4 is 24.5 Å². The van der Waals surface area contributed by atoms with Crippen LogP contribution in [0.25, 0.3) is 0 Å². The summed E-state index contributed by atoms with van der Waals surface area (Å²) in [7, 11) is 0. The van der Waals surface area contributed by atoms with Crippen LogP contribution in [0.4, 0.5) is 0 Å². The van der Waals surface area contributed by atoms with Crippen LogP contribution in [0.15, 0.2) is 103 Å². The van der Waals surface area contributed by atoms with E-state index in [1.807, 2.05) is 0 Å². The Bertz CT molecular complexity index is 1040. The van der Waals surface area contributed by atoms with Crippen molar-refractivity contribution in [2.45, 2.75) is 9.38 Å². The Morgan fingerprint density at radius 3 is 1.37 bits per heavy atom. The molecule has 3 aliphatic carbocycles. The van der Waals surface area contributed by atoms with Crippen LogP contribution < -0.4 is 3.61 Å². The predicted molar refractivity (Wildman–Crippen MR) is 112 cm³/mol. The van der Waals surface area contributed by atoms with Crippen LogP contribution in [-0.2, 0) is 3.46 Å². The number of benzene rings is 4. The van der Waals surface area contributed by atoms with E-state index in [4.69, 9.17) is 0 Å². The van der Waals surface area contributed by atoms with E-state index in [1.54, 1.807) is 16.7 Å². The summed E-state index contributed by atoms with van der Waals surface area (Å²) in [5.41, 5.74) is 9.15. The van der Waals surface area contributed by atoms with Crippen molar-refractivity contribution in [1.82, 2.24) is 0 Å². The Balaban J connectivity index is 1.75. The van der Waals surface area contributed by atoms with Crippen LogP contribution in [0.1, 0.15) is 39.3 Å². The molecule has 0 saturated heterocycles. The van der Waals surface area contributed by atoms with E-state index in [1.165, 1.54) is 20.3 Å². The molecule has 7 rings (SSSR count). The van der Waals surface area contributed by atoms with Crippen LogP contribution >= 0.6 is 0 Å². The predicted octanol–water partition coefficient (Wildman–Crippen LogP) is 4.82. The zero-order valence-corrected chi connectivity index (χ0v) is 17.1. The van der Waals surface area contributed by atoms with E-state index in [9.17, 15) is 0 Å². The summed E-state index contributed by atoms with van der Waals surface area (Å²) >= 11 is -0.547. The molecule has 0 aromatic heterocycles. The molecule has 0 nitrogen and oxygen atoms in total. The zero-order chi connectivity index (χ0) is 17.8. The van der Waals surface area contributed by atoms with Crippen LogP contribution in [0.2, 0.25) is 0 Å². The van der Waals surface area contributed by atoms with Crippen LogP contribution in [0.3, 0.4) is 0 Å². The first kappa shape index (κ1) is 15.7. The Morgan fingerprint density at radius 2 is 0.889 bits per heavy atom. The fraction of sp³-hybridized carbons (Fsp3) is 0.0769. The molecular weight excluding hydrogens is 440 g/mol. The molecule has 0 fully saturated rings. The van der Waals surface area contributed by atoms with Crippen molar-refractivity contribution in [3.05, 3.63) is 137 Å². The fourth-order valence-electron chi connectivity index (χ4n) is 4.98. The second-order valence-corrected chi connectivity index (χ2v) is 11.0. The molecule has 2 bridgehead atoms. The Hall–Kier alpha value is -2.33. The second-order valence-electron chi connectivity index (χ2n) is 7.29. The molecule has 128 valence electrons. The third kappa shape index (κ3) is 2.05. The standard InChI is InChI=1S/C26H18Te/c1-2-10-18(11-3-1)27-26-22-15-7-4-12-19(22)25(20-13-5-8-16-23(20)26)21-14-6-9-17-24(21)26/h1-17,25H. The molecule has 1 heteroatoms. The summed E-state index contributed by atoms with van der Waals surface area (Å²) in [6.07, 6.45) is 0. The van der Waals surface area contributed by atoms with Gasteiger partial charge >= 0.3 is 170 Å². The average molecular weight is 458 g/mol. The molecule has 0 atom stereocenters. The van der Waals surface area contributed by atoms with Gasteiger partial charge in [0.25, 0.3) is 0 Å². The average Bonchev–Trinajstić information content (AvgIpc) is 2.75. The topological polar surface area (TPSA) is 0 Å². The minimum atomic E-state index is -0.547. The maximum atomic E-state index is 2.39. The molecule has 4 aromatic rings. The SMILES string of the molecule is c1ccc([Te]C23c4ccccc4C(c4ccccc42)c2ccccc23)cc1. The summed E-state index contributed by atoms with van der Waals surface area (Å²) in [5, 5.41) is 0. The number of hydrogen-bond donors (Lipinski definition) is 0. The first-order chi connectivity index (χ1) is 13.4. The fourth-order valence-corrected chi connectivity index (χ4v) is 9.36. The Morgan fingerprint density at radius 1 is 0.481 bits per heavy atom. The van der Waals surface area contributed by atoms with Crippen molar-refractivity contribution in [3.8, 4) is 0 Å². The summed E-state index contributed by atoms with van der Waals surface area (Å²) < 4.78 is 1.54. The monoisotopic (exact) mass is 460 g/mol. The van der Waals surface area contributed by atoms with Gasteiger partial charge in [0.2, 0.25) is 0 Å². The summed E-state index contributed by atoms with van der Waals surface area (Å²) in [5.74, 6) is 0.374. The second kappa shape index (κ2) is 5.83. The first-order valence-corrected chi connectivity index (χ1v) is 11.7. The first-order valence-electron chi connectivity index (χ1n) is 9.42. The molecular formula is C26H18Te. The van der Waals surface area contributed by atoms with E-state index < -0.39 is 20.9 Å². The van der Waals surface area contributed by atoms with Gasteiger partial charge in [0.05, 0.1) is 0 Å². The molecule has 27 heavy (non-hydrogen) atoms. The van der Waals surface area contributed by atoms with E-state index >= 15 is 0 Å². The third-order valence-electron chi connectivity index (χ3n) is 5.97. The van der Waals surface area contributed by atoms with Crippen molar-refractivity contribution in [2.75, 3.05) is 0 Å². The number of rotatable bonds is 2. The molecule has 0 saturated carbocycles. The molecule has 0 spiro atoms. The molecule has 0 N–H and O–H groups in total. The molecule has 0 amide bonds. The van der Waals surface area contributed by atoms with E-state index in [-0.39, 0.29) is 3.46 Å². The van der Waals surface area contributed by atoms with Gasteiger partial charge in [-0.3, -0.25) is 0 Å². The van der Waals surface area contributed by atoms with Crippen LogP contribution in [0, 0.1) is 0 Å². The molecule has 3 aliphatic rings. The van der Waals surface area contributed by atoms with Gasteiger partial charge in [0, 0.05) is 0 Å². The zero-order valence-electron chi connectivity index (χ0n) is 14.8. The van der Waals surface area contributed by atoms with E-state index in [2.05, 4.69) is 103 Å². The van der Waals surface area contributed by atoms with E-state index in [0.29, 0.717) is 5.92 Å². The quantitative estimate of drug-likeness (QED) is 0.379. The van der Waals surface area contributed by atoms with Crippen LogP contribution in [0.5, 0.6) is 0 Å². The minimum absolute atomic E-state index is 0.0188. The van der Waals surface area contributed by atoms with Crippen molar-refractivity contribution in [3.63, 3.8) is 0 Å². The molecule has 4 aromatic carbocycles. The Kier molecular flexibility index (Phi) is 3.39. The van der Waals surface area contributed by atoms with E-state index in [0.717, 1.165) is 0 Å². The molecule has 0 radical (unpaired) electrons. The van der Waals surface area contributed by atoms with Crippen LogP contribution in [-0.4, -0.2) is 20.9 Å². The summed E-state index contributed by atoms with van der Waals surface area (Å²) in [4.78, 5) is 0. The Labute approximate surface area is 170 Å².